The van der Waals surface area contributed by atoms with E-state index in [9.17, 15) is 13.2 Å². The Morgan fingerprint density at radius 3 is 2.63 bits per heavy atom. The highest BCUT2D eigenvalue weighted by molar-refractivity contribution is 5.44. The number of nitrogens with two attached hydrogens (primary N) is 1. The molecule has 5 nitrogen and oxygen atoms in total. The van der Waals surface area contributed by atoms with Crippen LogP contribution in [-0.2, 0) is 10.9 Å². The van der Waals surface area contributed by atoms with E-state index in [2.05, 4.69) is 15.3 Å². The highest BCUT2D eigenvalue weighted by Gasteiger charge is 2.35. The van der Waals surface area contributed by atoms with Gasteiger partial charge in [-0.2, -0.15) is 13.2 Å². The maximum Gasteiger partial charge on any atom is 0.451 e. The zero-order chi connectivity index (χ0) is 14.5. The second kappa shape index (κ2) is 6.55. The minimum atomic E-state index is -4.61. The van der Waals surface area contributed by atoms with Gasteiger partial charge in [-0.15, -0.1) is 0 Å². The Kier molecular flexibility index (Phi) is 5.34. The van der Waals surface area contributed by atoms with Crippen molar-refractivity contribution in [1.82, 2.24) is 9.97 Å². The van der Waals surface area contributed by atoms with Crippen molar-refractivity contribution in [1.29, 1.82) is 0 Å². The van der Waals surface area contributed by atoms with Crippen LogP contribution in [0.2, 0.25) is 0 Å². The molecule has 19 heavy (non-hydrogen) atoms. The molecule has 1 heterocycles. The van der Waals surface area contributed by atoms with Gasteiger partial charge >= 0.3 is 6.18 Å². The molecule has 0 aliphatic heterocycles. The topological polar surface area (TPSA) is 73.1 Å². The average Bonchev–Trinajstić information content (AvgIpc) is 2.26. The normalized spacial score (nSPS) is 11.9. The van der Waals surface area contributed by atoms with Gasteiger partial charge in [0.2, 0.25) is 5.82 Å². The number of nitrogens with one attached hydrogen (secondary N) is 1. The molecule has 0 aliphatic carbocycles. The molecule has 8 heteroatoms. The van der Waals surface area contributed by atoms with Gasteiger partial charge in [-0.1, -0.05) is 13.8 Å². The third kappa shape index (κ3) is 5.73. The lowest BCUT2D eigenvalue weighted by atomic mass is 10.2. The van der Waals surface area contributed by atoms with Crippen molar-refractivity contribution >= 4 is 11.6 Å². The van der Waals surface area contributed by atoms with Gasteiger partial charge in [0.05, 0.1) is 6.61 Å². The summed E-state index contributed by atoms with van der Waals surface area (Å²) in [5.41, 5.74) is 5.30. The number of nitrogens with zero attached hydrogens (tertiary/aromatic N) is 2. The number of halogens is 3. The molecule has 0 unspecified atom stereocenters. The van der Waals surface area contributed by atoms with Crippen LogP contribution in [0.25, 0.3) is 0 Å². The molecule has 1 aromatic heterocycles. The maximum atomic E-state index is 12.4. The summed E-state index contributed by atoms with van der Waals surface area (Å²) in [7, 11) is 0. The first-order valence-electron chi connectivity index (χ1n) is 5.82. The second-order valence-electron chi connectivity index (χ2n) is 4.39. The van der Waals surface area contributed by atoms with Crippen LogP contribution in [0.4, 0.5) is 24.8 Å². The highest BCUT2D eigenvalue weighted by Crippen LogP contribution is 2.27. The lowest BCUT2D eigenvalue weighted by Crippen LogP contribution is -2.17. The van der Waals surface area contributed by atoms with E-state index in [1.807, 2.05) is 13.8 Å². The summed E-state index contributed by atoms with van der Waals surface area (Å²) < 4.78 is 42.6. The summed E-state index contributed by atoms with van der Waals surface area (Å²) in [4.78, 5) is 6.50. The molecular weight excluding hydrogens is 261 g/mol. The van der Waals surface area contributed by atoms with E-state index < -0.39 is 12.0 Å². The number of aromatic nitrogens is 2. The predicted octanol–water partition coefficient (Wildman–Crippen LogP) is 2.16. The molecule has 0 radical (unpaired) electrons. The first-order valence-corrected chi connectivity index (χ1v) is 5.82. The molecule has 3 N–H and O–H groups in total. The van der Waals surface area contributed by atoms with Crippen LogP contribution >= 0.6 is 0 Å². The fourth-order valence-corrected chi connectivity index (χ4v) is 1.25. The summed E-state index contributed by atoms with van der Waals surface area (Å²) >= 11 is 0. The van der Waals surface area contributed by atoms with Crippen LogP contribution in [0, 0.1) is 5.92 Å². The van der Waals surface area contributed by atoms with Crippen LogP contribution in [0.1, 0.15) is 19.7 Å². The molecule has 0 fully saturated rings. The van der Waals surface area contributed by atoms with Crippen molar-refractivity contribution in [2.75, 3.05) is 30.8 Å². The summed E-state index contributed by atoms with van der Waals surface area (Å²) in [6, 6.07) is 1.25. The standard InChI is InChI=1S/C11H17F3N4O/c1-7(2)6-19-4-3-16-9-5-8(15)17-10(18-9)11(12,13)14/h5,7H,3-4,6H2,1-2H3,(H3,15,16,17,18). The molecule has 1 aromatic rings. The van der Waals surface area contributed by atoms with Crippen molar-refractivity contribution in [3.8, 4) is 0 Å². The number of ether oxygens (including phenoxy) is 1. The fourth-order valence-electron chi connectivity index (χ4n) is 1.25. The lowest BCUT2D eigenvalue weighted by molar-refractivity contribution is -0.144. The van der Waals surface area contributed by atoms with Gasteiger partial charge in [-0.05, 0) is 5.92 Å². The molecule has 0 aromatic carbocycles. The van der Waals surface area contributed by atoms with Gasteiger partial charge in [0.15, 0.2) is 0 Å². The summed E-state index contributed by atoms with van der Waals surface area (Å²) in [5, 5.41) is 2.72. The van der Waals surface area contributed by atoms with E-state index in [-0.39, 0.29) is 11.6 Å². The van der Waals surface area contributed by atoms with E-state index in [0.29, 0.717) is 25.7 Å². The van der Waals surface area contributed by atoms with Gasteiger partial charge in [0.1, 0.15) is 11.6 Å². The molecule has 0 spiro atoms. The maximum absolute atomic E-state index is 12.4. The Labute approximate surface area is 109 Å². The summed E-state index contributed by atoms with van der Waals surface area (Å²) in [6.45, 7) is 5.34. The van der Waals surface area contributed by atoms with Gasteiger partial charge in [-0.25, -0.2) is 9.97 Å². The molecule has 0 aliphatic rings. The first-order chi connectivity index (χ1) is 8.79. The van der Waals surface area contributed by atoms with Crippen molar-refractivity contribution in [2.24, 2.45) is 5.92 Å². The van der Waals surface area contributed by atoms with E-state index in [0.717, 1.165) is 0 Å². The highest BCUT2D eigenvalue weighted by atomic mass is 19.4. The number of alkyl halides is 3. The van der Waals surface area contributed by atoms with Crippen molar-refractivity contribution in [3.63, 3.8) is 0 Å². The van der Waals surface area contributed by atoms with Crippen molar-refractivity contribution in [3.05, 3.63) is 11.9 Å². The van der Waals surface area contributed by atoms with Crippen LogP contribution in [-0.4, -0.2) is 29.7 Å². The van der Waals surface area contributed by atoms with Crippen molar-refractivity contribution in [2.45, 2.75) is 20.0 Å². The number of hydrogen-bond acceptors (Lipinski definition) is 5. The minimum Gasteiger partial charge on any atom is -0.384 e. The third-order valence-corrected chi connectivity index (χ3v) is 2.00. The molecule has 0 saturated heterocycles. The Morgan fingerprint density at radius 2 is 2.05 bits per heavy atom. The van der Waals surface area contributed by atoms with Gasteiger partial charge in [0.25, 0.3) is 0 Å². The SMILES string of the molecule is CC(C)COCCNc1cc(N)nc(C(F)(F)F)n1. The quantitative estimate of drug-likeness (QED) is 0.780. The Bertz CT molecular complexity index is 409. The molecule has 1 rings (SSSR count). The zero-order valence-electron chi connectivity index (χ0n) is 10.8. The molecule has 0 atom stereocenters. The smallest absolute Gasteiger partial charge is 0.384 e. The van der Waals surface area contributed by atoms with Crippen LogP contribution in [0.15, 0.2) is 6.07 Å². The number of hydrogen-bond donors (Lipinski definition) is 2. The molecule has 0 amide bonds. The molecule has 0 saturated carbocycles. The van der Waals surface area contributed by atoms with E-state index in [1.165, 1.54) is 6.07 Å². The van der Waals surface area contributed by atoms with Gasteiger partial charge < -0.3 is 15.8 Å². The van der Waals surface area contributed by atoms with E-state index in [4.69, 9.17) is 10.5 Å². The molecule has 0 bridgehead atoms. The zero-order valence-corrected chi connectivity index (χ0v) is 10.8. The summed E-state index contributed by atoms with van der Waals surface area (Å²) in [6.07, 6.45) is -4.61. The molecule has 108 valence electrons. The number of anilines is 2. The lowest BCUT2D eigenvalue weighted by Gasteiger charge is -2.11. The van der Waals surface area contributed by atoms with Crippen molar-refractivity contribution < 1.29 is 17.9 Å². The van der Waals surface area contributed by atoms with Crippen LogP contribution < -0.4 is 11.1 Å². The monoisotopic (exact) mass is 278 g/mol. The minimum absolute atomic E-state index is 0.0352. The largest absolute Gasteiger partial charge is 0.451 e. The van der Waals surface area contributed by atoms with Crippen LogP contribution in [0.3, 0.4) is 0 Å². The van der Waals surface area contributed by atoms with Crippen LogP contribution in [0.5, 0.6) is 0 Å². The number of rotatable bonds is 6. The Hall–Kier alpha value is -1.57. The predicted molar refractivity (Wildman–Crippen MR) is 65.6 cm³/mol. The van der Waals surface area contributed by atoms with Gasteiger partial charge in [-0.3, -0.25) is 0 Å². The number of nitrogen functional groups attached to an aromatic ring is 1. The fraction of sp³-hybridized carbons (Fsp3) is 0.636. The van der Waals surface area contributed by atoms with Gasteiger partial charge in [0, 0.05) is 19.2 Å². The summed E-state index contributed by atoms with van der Waals surface area (Å²) in [5.74, 6) is -1.04. The van der Waals surface area contributed by atoms with E-state index >= 15 is 0 Å². The first kappa shape index (κ1) is 15.5. The average molecular weight is 278 g/mol. The third-order valence-electron chi connectivity index (χ3n) is 2.00. The molecular formula is C11H17F3N4O. The Balaban J connectivity index is 2.52. The van der Waals surface area contributed by atoms with E-state index in [1.54, 1.807) is 0 Å². The Morgan fingerprint density at radius 1 is 1.37 bits per heavy atom. The second-order valence-corrected chi connectivity index (χ2v) is 4.39.